The van der Waals surface area contributed by atoms with Crippen molar-refractivity contribution in [3.8, 4) is 0 Å². The van der Waals surface area contributed by atoms with Crippen molar-refractivity contribution in [3.63, 3.8) is 0 Å². The smallest absolute Gasteiger partial charge is 0.345 e. The fourth-order valence-corrected chi connectivity index (χ4v) is 2.41. The van der Waals surface area contributed by atoms with E-state index in [9.17, 15) is 9.59 Å². The molecular weight excluding hydrogens is 296 g/mol. The van der Waals surface area contributed by atoms with E-state index in [-0.39, 0.29) is 23.8 Å². The predicted octanol–water partition coefficient (Wildman–Crippen LogP) is 2.95. The molecule has 0 saturated heterocycles. The highest BCUT2D eigenvalue weighted by atomic mass is 79.9. The van der Waals surface area contributed by atoms with Gasteiger partial charge in [0, 0.05) is 12.3 Å². The zero-order valence-corrected chi connectivity index (χ0v) is 11.5. The summed E-state index contributed by atoms with van der Waals surface area (Å²) in [4.78, 5) is 22.8. The van der Waals surface area contributed by atoms with Crippen LogP contribution in [0, 0.1) is 0 Å². The second-order valence-corrected chi connectivity index (χ2v) is 5.16. The minimum Gasteiger partial charge on any atom is -0.453 e. The number of hydrogen-bond acceptors (Lipinski definition) is 3. The monoisotopic (exact) mass is 308 g/mol. The first-order chi connectivity index (χ1) is 8.58. The topological polar surface area (TPSA) is 43.4 Å². The van der Waals surface area contributed by atoms with Crippen LogP contribution < -0.4 is 0 Å². The van der Waals surface area contributed by atoms with Crippen LogP contribution in [0.2, 0.25) is 0 Å². The molecule has 0 unspecified atom stereocenters. The molecule has 0 aliphatic carbocycles. The molecule has 0 bridgehead atoms. The fourth-order valence-electron chi connectivity index (χ4n) is 2.06. The van der Waals surface area contributed by atoms with Gasteiger partial charge in [0.05, 0.1) is 0 Å². The van der Waals surface area contributed by atoms with Crippen molar-refractivity contribution in [2.75, 3.05) is 0 Å². The number of halogens is 1. The van der Waals surface area contributed by atoms with Crippen molar-refractivity contribution in [2.45, 2.75) is 25.4 Å². The van der Waals surface area contributed by atoms with Gasteiger partial charge in [-0.25, -0.2) is 4.79 Å². The molecule has 0 saturated carbocycles. The van der Waals surface area contributed by atoms with Crippen LogP contribution in [0.5, 0.6) is 0 Å². The molecule has 2 rings (SSSR count). The maximum atomic E-state index is 11.4. The first kappa shape index (κ1) is 13.0. The number of carbonyl (C=O) groups is 2. The van der Waals surface area contributed by atoms with Crippen LogP contribution in [0.4, 0.5) is 0 Å². The Bertz CT molecular complexity index is 493. The number of carbonyl (C=O) groups excluding carboxylic acids is 2. The number of ether oxygens (including phenoxy) is 1. The minimum atomic E-state index is -0.377. The number of cyclic esters (lactones) is 1. The standard InChI is InChI=1S/C14H13BrO3/c1-9(16)7-11(10-5-3-2-4-6-10)13-8-12(15)14(17)18-13/h2-6,8,11,13H,7H2,1H3/t11-,13+/m0/s1. The Hall–Kier alpha value is -1.42. The summed E-state index contributed by atoms with van der Waals surface area (Å²) in [7, 11) is 0. The van der Waals surface area contributed by atoms with E-state index in [4.69, 9.17) is 4.74 Å². The van der Waals surface area contributed by atoms with Gasteiger partial charge in [0.2, 0.25) is 0 Å². The second kappa shape index (κ2) is 5.48. The molecule has 2 atom stereocenters. The molecule has 1 aliphatic rings. The van der Waals surface area contributed by atoms with E-state index < -0.39 is 0 Å². The average molecular weight is 309 g/mol. The summed E-state index contributed by atoms with van der Waals surface area (Å²) in [5.41, 5.74) is 1.00. The van der Waals surface area contributed by atoms with Gasteiger partial charge in [-0.05, 0) is 34.5 Å². The van der Waals surface area contributed by atoms with Crippen molar-refractivity contribution in [1.82, 2.24) is 0 Å². The summed E-state index contributed by atoms with van der Waals surface area (Å²) in [6, 6.07) is 9.64. The zero-order chi connectivity index (χ0) is 13.1. The van der Waals surface area contributed by atoms with Crippen LogP contribution in [-0.2, 0) is 14.3 Å². The number of Topliss-reactive ketones (excluding diaryl/α,β-unsaturated/α-hetero) is 1. The summed E-state index contributed by atoms with van der Waals surface area (Å²) < 4.78 is 5.69. The summed E-state index contributed by atoms with van der Waals surface area (Å²) in [5.74, 6) is -0.413. The average Bonchev–Trinajstić information content (AvgIpc) is 2.67. The third kappa shape index (κ3) is 2.88. The van der Waals surface area contributed by atoms with Crippen LogP contribution >= 0.6 is 15.9 Å². The van der Waals surface area contributed by atoms with Crippen molar-refractivity contribution < 1.29 is 14.3 Å². The van der Waals surface area contributed by atoms with Gasteiger partial charge in [0.1, 0.15) is 16.4 Å². The lowest BCUT2D eigenvalue weighted by Crippen LogP contribution is -2.20. The van der Waals surface area contributed by atoms with Gasteiger partial charge in [0.25, 0.3) is 0 Å². The first-order valence-corrected chi connectivity index (χ1v) is 6.50. The highest BCUT2D eigenvalue weighted by Gasteiger charge is 2.32. The molecule has 3 nitrogen and oxygen atoms in total. The van der Waals surface area contributed by atoms with Crippen molar-refractivity contribution in [2.24, 2.45) is 0 Å². The Kier molecular flexibility index (Phi) is 3.97. The molecule has 18 heavy (non-hydrogen) atoms. The minimum absolute atomic E-state index is 0.0799. The van der Waals surface area contributed by atoms with Crippen LogP contribution in [0.1, 0.15) is 24.8 Å². The van der Waals surface area contributed by atoms with Gasteiger partial charge in [-0.2, -0.15) is 0 Å². The molecule has 0 amide bonds. The summed E-state index contributed by atoms with van der Waals surface area (Å²) >= 11 is 3.15. The van der Waals surface area contributed by atoms with Crippen molar-refractivity contribution in [3.05, 3.63) is 46.5 Å². The third-order valence-electron chi connectivity index (χ3n) is 2.88. The SMILES string of the molecule is CC(=O)C[C@@H](c1ccccc1)[C@H]1C=C(Br)C(=O)O1. The lowest BCUT2D eigenvalue weighted by Gasteiger charge is -2.21. The molecule has 1 aliphatic heterocycles. The van der Waals surface area contributed by atoms with Gasteiger partial charge < -0.3 is 9.53 Å². The molecule has 0 aromatic heterocycles. The molecule has 1 aromatic rings. The summed E-state index contributed by atoms with van der Waals surface area (Å²) in [5, 5.41) is 0. The van der Waals surface area contributed by atoms with Crippen LogP contribution in [0.3, 0.4) is 0 Å². The number of esters is 1. The van der Waals surface area contributed by atoms with E-state index >= 15 is 0 Å². The number of benzene rings is 1. The van der Waals surface area contributed by atoms with E-state index in [1.807, 2.05) is 30.3 Å². The Morgan fingerprint density at radius 1 is 1.39 bits per heavy atom. The fraction of sp³-hybridized carbons (Fsp3) is 0.286. The second-order valence-electron chi connectivity index (χ2n) is 4.31. The van der Waals surface area contributed by atoms with E-state index in [0.717, 1.165) is 5.56 Å². The van der Waals surface area contributed by atoms with Gasteiger partial charge in [-0.3, -0.25) is 0 Å². The summed E-state index contributed by atoms with van der Waals surface area (Å²) in [6.07, 6.45) is 1.71. The third-order valence-corrected chi connectivity index (χ3v) is 3.47. The highest BCUT2D eigenvalue weighted by Crippen LogP contribution is 2.32. The Morgan fingerprint density at radius 2 is 2.06 bits per heavy atom. The lowest BCUT2D eigenvalue weighted by molar-refractivity contribution is -0.140. The largest absolute Gasteiger partial charge is 0.453 e. The van der Waals surface area contributed by atoms with E-state index in [1.54, 1.807) is 13.0 Å². The Balaban J connectivity index is 2.27. The molecule has 1 heterocycles. The zero-order valence-electron chi connectivity index (χ0n) is 9.93. The predicted molar refractivity (Wildman–Crippen MR) is 71.4 cm³/mol. The number of hydrogen-bond donors (Lipinski definition) is 0. The van der Waals surface area contributed by atoms with Gasteiger partial charge >= 0.3 is 5.97 Å². The van der Waals surface area contributed by atoms with Crippen LogP contribution in [0.15, 0.2) is 40.9 Å². The van der Waals surface area contributed by atoms with Crippen molar-refractivity contribution in [1.29, 1.82) is 0 Å². The quantitative estimate of drug-likeness (QED) is 0.803. The van der Waals surface area contributed by atoms with Gasteiger partial charge in [0.15, 0.2) is 0 Å². The van der Waals surface area contributed by atoms with Crippen LogP contribution in [-0.4, -0.2) is 17.9 Å². The first-order valence-electron chi connectivity index (χ1n) is 5.70. The Morgan fingerprint density at radius 3 is 2.56 bits per heavy atom. The molecular formula is C14H13BrO3. The molecule has 0 fully saturated rings. The number of ketones is 1. The van der Waals surface area contributed by atoms with E-state index in [2.05, 4.69) is 15.9 Å². The normalized spacial score (nSPS) is 20.2. The lowest BCUT2D eigenvalue weighted by atomic mass is 9.89. The highest BCUT2D eigenvalue weighted by molar-refractivity contribution is 9.12. The van der Waals surface area contributed by atoms with E-state index in [0.29, 0.717) is 10.9 Å². The molecule has 0 N–H and O–H groups in total. The van der Waals surface area contributed by atoms with E-state index in [1.165, 1.54) is 0 Å². The van der Waals surface area contributed by atoms with Gasteiger partial charge in [-0.1, -0.05) is 30.3 Å². The van der Waals surface area contributed by atoms with Crippen LogP contribution in [0.25, 0.3) is 0 Å². The molecule has 1 aromatic carbocycles. The van der Waals surface area contributed by atoms with Crippen molar-refractivity contribution >= 4 is 27.7 Å². The molecule has 0 radical (unpaired) electrons. The summed E-state index contributed by atoms with van der Waals surface area (Å²) in [6.45, 7) is 1.55. The number of rotatable bonds is 4. The molecule has 4 heteroatoms. The molecule has 0 spiro atoms. The van der Waals surface area contributed by atoms with Gasteiger partial charge in [-0.15, -0.1) is 0 Å². The maximum absolute atomic E-state index is 11.4. The Labute approximate surface area is 114 Å². The maximum Gasteiger partial charge on any atom is 0.345 e. The molecule has 94 valence electrons.